The molecule has 0 amide bonds. The molecule has 1 saturated carbocycles. The molecule has 0 aliphatic heterocycles. The summed E-state index contributed by atoms with van der Waals surface area (Å²) >= 11 is 1.67. The smallest absolute Gasteiger partial charge is 0.178 e. The maximum absolute atomic E-state index is 5.35. The van der Waals surface area contributed by atoms with Gasteiger partial charge in [0.1, 0.15) is 5.76 Å². The molecule has 1 N–H and O–H groups in total. The Morgan fingerprint density at radius 3 is 3.15 bits per heavy atom. The highest BCUT2D eigenvalue weighted by Crippen LogP contribution is 2.42. The molecule has 0 bridgehead atoms. The summed E-state index contributed by atoms with van der Waals surface area (Å²) in [4.78, 5) is 12.1. The molecular weight excluding hydrogens is 272 g/mol. The van der Waals surface area contributed by atoms with Gasteiger partial charge in [-0.05, 0) is 31.4 Å². The third-order valence-electron chi connectivity index (χ3n) is 3.57. The molecule has 3 aromatic rings. The van der Waals surface area contributed by atoms with Gasteiger partial charge in [-0.25, -0.2) is 9.97 Å². The SMILES string of the molecule is Cc1ccnc2nc(SCc3cnoc3C3CC3)[nH]c12. The zero-order valence-electron chi connectivity index (χ0n) is 11.1. The molecule has 0 radical (unpaired) electrons. The van der Waals surface area contributed by atoms with E-state index in [1.54, 1.807) is 18.0 Å². The number of fused-ring (bicyclic) bond motifs is 1. The molecule has 3 heterocycles. The van der Waals surface area contributed by atoms with E-state index in [1.807, 2.05) is 12.3 Å². The van der Waals surface area contributed by atoms with Gasteiger partial charge in [-0.1, -0.05) is 16.9 Å². The second-order valence-corrected chi connectivity index (χ2v) is 6.11. The Morgan fingerprint density at radius 1 is 1.45 bits per heavy atom. The molecule has 102 valence electrons. The minimum Gasteiger partial charge on any atom is -0.361 e. The molecule has 5 nitrogen and oxygen atoms in total. The van der Waals surface area contributed by atoms with E-state index < -0.39 is 0 Å². The van der Waals surface area contributed by atoms with Gasteiger partial charge >= 0.3 is 0 Å². The average molecular weight is 286 g/mol. The van der Waals surface area contributed by atoms with Gasteiger partial charge in [-0.3, -0.25) is 0 Å². The van der Waals surface area contributed by atoms with Gasteiger partial charge in [0.15, 0.2) is 10.8 Å². The molecule has 1 fully saturated rings. The van der Waals surface area contributed by atoms with E-state index in [4.69, 9.17) is 4.52 Å². The van der Waals surface area contributed by atoms with Crippen molar-refractivity contribution in [2.45, 2.75) is 36.6 Å². The lowest BCUT2D eigenvalue weighted by Gasteiger charge is -1.97. The van der Waals surface area contributed by atoms with Crippen LogP contribution in [0.5, 0.6) is 0 Å². The van der Waals surface area contributed by atoms with Crippen LogP contribution >= 0.6 is 11.8 Å². The Labute approximate surface area is 120 Å². The Morgan fingerprint density at radius 2 is 2.35 bits per heavy atom. The number of aryl methyl sites for hydroxylation is 1. The van der Waals surface area contributed by atoms with E-state index in [9.17, 15) is 0 Å². The standard InChI is InChI=1S/C14H14N4OS/c1-8-4-5-15-13-11(8)17-14(18-13)20-7-10-6-16-19-12(10)9-2-3-9/h4-6,9H,2-3,7H2,1H3,(H,15,17,18). The fraction of sp³-hybridized carbons (Fsp3) is 0.357. The predicted octanol–water partition coefficient (Wildman–Crippen LogP) is 3.42. The number of aromatic amines is 1. The van der Waals surface area contributed by atoms with Crippen LogP contribution in [0.3, 0.4) is 0 Å². The molecule has 20 heavy (non-hydrogen) atoms. The van der Waals surface area contributed by atoms with Crippen molar-refractivity contribution in [3.05, 3.63) is 35.3 Å². The number of thioether (sulfide) groups is 1. The summed E-state index contributed by atoms with van der Waals surface area (Å²) < 4.78 is 5.35. The van der Waals surface area contributed by atoms with Crippen LogP contribution in [0.2, 0.25) is 0 Å². The zero-order valence-corrected chi connectivity index (χ0v) is 11.9. The minimum absolute atomic E-state index is 0.590. The van der Waals surface area contributed by atoms with Gasteiger partial charge in [-0.2, -0.15) is 0 Å². The van der Waals surface area contributed by atoms with Crippen molar-refractivity contribution in [3.8, 4) is 0 Å². The molecule has 1 aliphatic rings. The topological polar surface area (TPSA) is 67.6 Å². The summed E-state index contributed by atoms with van der Waals surface area (Å²) in [5.74, 6) is 2.48. The number of nitrogens with zero attached hydrogens (tertiary/aromatic N) is 3. The fourth-order valence-electron chi connectivity index (χ4n) is 2.29. The van der Waals surface area contributed by atoms with E-state index in [2.05, 4.69) is 27.0 Å². The monoisotopic (exact) mass is 286 g/mol. The first-order valence-corrected chi connectivity index (χ1v) is 7.67. The number of H-pyrrole nitrogens is 1. The molecule has 1 aliphatic carbocycles. The van der Waals surface area contributed by atoms with E-state index in [0.29, 0.717) is 5.92 Å². The van der Waals surface area contributed by atoms with Gasteiger partial charge in [0.2, 0.25) is 0 Å². The molecule has 4 rings (SSSR count). The van der Waals surface area contributed by atoms with Gasteiger partial charge in [0.25, 0.3) is 0 Å². The average Bonchev–Trinajstić information content (AvgIpc) is 3.02. The van der Waals surface area contributed by atoms with Crippen molar-refractivity contribution in [2.24, 2.45) is 0 Å². The first-order valence-electron chi connectivity index (χ1n) is 6.69. The number of rotatable bonds is 4. The Kier molecular flexibility index (Phi) is 2.77. The van der Waals surface area contributed by atoms with E-state index in [1.165, 1.54) is 18.4 Å². The first kappa shape index (κ1) is 12.0. The molecule has 3 aromatic heterocycles. The largest absolute Gasteiger partial charge is 0.361 e. The number of pyridine rings is 1. The molecular formula is C14H14N4OS. The highest BCUT2D eigenvalue weighted by Gasteiger charge is 2.30. The second-order valence-electron chi connectivity index (χ2n) is 5.15. The van der Waals surface area contributed by atoms with Gasteiger partial charge in [0, 0.05) is 23.4 Å². The van der Waals surface area contributed by atoms with Gasteiger partial charge in [-0.15, -0.1) is 0 Å². The zero-order chi connectivity index (χ0) is 13.5. The molecule has 0 saturated heterocycles. The van der Waals surface area contributed by atoms with Crippen molar-refractivity contribution in [3.63, 3.8) is 0 Å². The van der Waals surface area contributed by atoms with Crippen molar-refractivity contribution in [2.75, 3.05) is 0 Å². The van der Waals surface area contributed by atoms with Crippen molar-refractivity contribution in [1.29, 1.82) is 0 Å². The lowest BCUT2D eigenvalue weighted by atomic mass is 10.2. The summed E-state index contributed by atoms with van der Waals surface area (Å²) in [6, 6.07) is 1.99. The lowest BCUT2D eigenvalue weighted by Crippen LogP contribution is -1.85. The number of aromatic nitrogens is 4. The highest BCUT2D eigenvalue weighted by molar-refractivity contribution is 7.98. The summed E-state index contributed by atoms with van der Waals surface area (Å²) in [5.41, 5.74) is 4.14. The second kappa shape index (κ2) is 4.63. The summed E-state index contributed by atoms with van der Waals surface area (Å²) in [7, 11) is 0. The quantitative estimate of drug-likeness (QED) is 0.744. The summed E-state index contributed by atoms with van der Waals surface area (Å²) in [6.45, 7) is 2.06. The van der Waals surface area contributed by atoms with Crippen LogP contribution in [0.15, 0.2) is 28.1 Å². The van der Waals surface area contributed by atoms with Crippen LogP contribution in [0.25, 0.3) is 11.2 Å². The predicted molar refractivity (Wildman–Crippen MR) is 76.7 cm³/mol. The van der Waals surface area contributed by atoms with Crippen LogP contribution in [0.4, 0.5) is 0 Å². The van der Waals surface area contributed by atoms with E-state index >= 15 is 0 Å². The highest BCUT2D eigenvalue weighted by atomic mass is 32.2. The van der Waals surface area contributed by atoms with Crippen LogP contribution in [0.1, 0.15) is 35.6 Å². The molecule has 0 spiro atoms. The molecule has 0 aromatic carbocycles. The van der Waals surface area contributed by atoms with Gasteiger partial charge < -0.3 is 9.51 Å². The number of hydrogen-bond donors (Lipinski definition) is 1. The third-order valence-corrected chi connectivity index (χ3v) is 4.49. The third kappa shape index (κ3) is 2.10. The molecule has 0 atom stereocenters. The van der Waals surface area contributed by atoms with Crippen LogP contribution in [-0.4, -0.2) is 20.1 Å². The fourth-order valence-corrected chi connectivity index (χ4v) is 3.12. The van der Waals surface area contributed by atoms with Crippen LogP contribution < -0.4 is 0 Å². The minimum atomic E-state index is 0.590. The van der Waals surface area contributed by atoms with Crippen LogP contribution in [0, 0.1) is 6.92 Å². The van der Waals surface area contributed by atoms with Crippen molar-refractivity contribution in [1.82, 2.24) is 20.1 Å². The number of imidazole rings is 1. The summed E-state index contributed by atoms with van der Waals surface area (Å²) in [6.07, 6.45) is 6.06. The van der Waals surface area contributed by atoms with Gasteiger partial charge in [0.05, 0.1) is 11.7 Å². The Balaban J connectivity index is 1.55. The van der Waals surface area contributed by atoms with Crippen molar-refractivity contribution < 1.29 is 4.52 Å². The maximum Gasteiger partial charge on any atom is 0.178 e. The normalized spacial score (nSPS) is 15.1. The number of hydrogen-bond acceptors (Lipinski definition) is 5. The molecule has 6 heteroatoms. The maximum atomic E-state index is 5.35. The first-order chi connectivity index (χ1) is 9.81. The number of nitrogens with one attached hydrogen (secondary N) is 1. The van der Waals surface area contributed by atoms with E-state index in [-0.39, 0.29) is 0 Å². The Hall–Kier alpha value is -1.82. The van der Waals surface area contributed by atoms with Crippen LogP contribution in [-0.2, 0) is 5.75 Å². The summed E-state index contributed by atoms with van der Waals surface area (Å²) in [5, 5.41) is 4.81. The lowest BCUT2D eigenvalue weighted by molar-refractivity contribution is 0.383. The van der Waals surface area contributed by atoms with Crippen molar-refractivity contribution >= 4 is 22.9 Å². The Bertz CT molecular complexity index is 759. The molecule has 0 unspecified atom stereocenters. The van der Waals surface area contributed by atoms with E-state index in [0.717, 1.165) is 33.4 Å².